The van der Waals surface area contributed by atoms with Crippen LogP contribution in [0, 0.1) is 0 Å². The average molecular weight is 270 g/mol. The van der Waals surface area contributed by atoms with Crippen molar-refractivity contribution in [3.63, 3.8) is 0 Å². The lowest BCUT2D eigenvalue weighted by Gasteiger charge is -2.35. The maximum Gasteiger partial charge on any atom is 0.119 e. The number of benzene rings is 1. The van der Waals surface area contributed by atoms with Crippen molar-refractivity contribution in [1.82, 2.24) is 4.90 Å². The van der Waals surface area contributed by atoms with Gasteiger partial charge in [-0.3, -0.25) is 4.90 Å². The molecule has 0 aromatic heterocycles. The van der Waals surface area contributed by atoms with Crippen molar-refractivity contribution in [2.45, 2.75) is 26.1 Å². The van der Waals surface area contributed by atoms with Gasteiger partial charge in [-0.05, 0) is 38.1 Å². The van der Waals surface area contributed by atoms with Crippen molar-refractivity contribution < 1.29 is 9.47 Å². The van der Waals surface area contributed by atoms with E-state index in [-0.39, 0.29) is 0 Å². The summed E-state index contributed by atoms with van der Waals surface area (Å²) in [6.45, 7) is 7.82. The van der Waals surface area contributed by atoms with E-state index in [0.29, 0.717) is 18.8 Å². The molecule has 0 radical (unpaired) electrons. The average Bonchev–Trinajstić information content (AvgIpc) is 2.30. The van der Waals surface area contributed by atoms with Crippen LogP contribution in [0.1, 0.15) is 13.8 Å². The molecule has 0 spiro atoms. The molecule has 0 bridgehead atoms. The fraction of sp³-hybridized carbons (Fsp3) is 0.571. The Balaban J connectivity index is 1.73. The predicted molar refractivity (Wildman–Crippen MR) is 73.4 cm³/mol. The highest BCUT2D eigenvalue weighted by Crippen LogP contribution is 2.16. The molecule has 1 heterocycles. The first-order valence-corrected chi connectivity index (χ1v) is 6.77. The van der Waals surface area contributed by atoms with Crippen LogP contribution in [0.15, 0.2) is 24.3 Å². The lowest BCUT2D eigenvalue weighted by atomic mass is 10.2. The molecule has 0 aliphatic carbocycles. The van der Waals surface area contributed by atoms with Crippen LogP contribution in [0.25, 0.3) is 0 Å². The maximum absolute atomic E-state index is 5.82. The van der Waals surface area contributed by atoms with Crippen molar-refractivity contribution in [2.24, 2.45) is 0 Å². The fourth-order valence-electron chi connectivity index (χ4n) is 2.29. The van der Waals surface area contributed by atoms with Gasteiger partial charge in [-0.15, -0.1) is 0 Å². The lowest BCUT2D eigenvalue weighted by molar-refractivity contribution is -0.0699. The zero-order chi connectivity index (χ0) is 13.0. The van der Waals surface area contributed by atoms with Gasteiger partial charge in [-0.2, -0.15) is 0 Å². The van der Waals surface area contributed by atoms with Gasteiger partial charge in [-0.1, -0.05) is 11.6 Å². The Morgan fingerprint density at radius 1 is 1.22 bits per heavy atom. The van der Waals surface area contributed by atoms with Crippen molar-refractivity contribution in [3.05, 3.63) is 29.3 Å². The van der Waals surface area contributed by atoms with E-state index in [2.05, 4.69) is 18.7 Å². The summed E-state index contributed by atoms with van der Waals surface area (Å²) in [5.74, 6) is 0.869. The van der Waals surface area contributed by atoms with Crippen molar-refractivity contribution in [2.75, 3.05) is 26.2 Å². The Labute approximate surface area is 114 Å². The quantitative estimate of drug-likeness (QED) is 0.839. The number of rotatable bonds is 4. The second kappa shape index (κ2) is 6.41. The Bertz CT molecular complexity index is 359. The third-order valence-corrected chi connectivity index (χ3v) is 3.24. The maximum atomic E-state index is 5.82. The molecule has 4 heteroatoms. The summed E-state index contributed by atoms with van der Waals surface area (Å²) < 4.78 is 11.4. The third-order valence-electron chi connectivity index (χ3n) is 2.99. The summed E-state index contributed by atoms with van der Waals surface area (Å²) in [6.07, 6.45) is 0.619. The van der Waals surface area contributed by atoms with E-state index < -0.39 is 0 Å². The normalized spacial score (nSPS) is 25.1. The van der Waals surface area contributed by atoms with Crippen molar-refractivity contribution >= 4 is 11.6 Å². The molecule has 0 saturated carbocycles. The third kappa shape index (κ3) is 4.16. The Kier molecular flexibility index (Phi) is 4.87. The number of ether oxygens (including phenoxy) is 2. The van der Waals surface area contributed by atoms with Crippen LogP contribution in [0.3, 0.4) is 0 Å². The highest BCUT2D eigenvalue weighted by Gasteiger charge is 2.21. The standard InChI is InChI=1S/C14H20ClNO2/c1-11-9-16(10-12(2)18-11)7-8-17-14-5-3-13(15)4-6-14/h3-6,11-12H,7-10H2,1-2H3. The number of hydrogen-bond donors (Lipinski definition) is 0. The molecule has 1 saturated heterocycles. The van der Waals surface area contributed by atoms with Gasteiger partial charge < -0.3 is 9.47 Å². The molecule has 1 aromatic rings. The summed E-state index contributed by atoms with van der Waals surface area (Å²) in [5, 5.41) is 0.734. The van der Waals surface area contributed by atoms with E-state index in [9.17, 15) is 0 Å². The summed E-state index contributed by atoms with van der Waals surface area (Å²) >= 11 is 5.82. The number of halogens is 1. The molecule has 0 N–H and O–H groups in total. The van der Waals surface area contributed by atoms with Crippen LogP contribution in [0.2, 0.25) is 5.02 Å². The zero-order valence-corrected chi connectivity index (χ0v) is 11.7. The van der Waals surface area contributed by atoms with E-state index in [1.807, 2.05) is 24.3 Å². The topological polar surface area (TPSA) is 21.7 Å². The molecular formula is C14H20ClNO2. The van der Waals surface area contributed by atoms with E-state index in [1.165, 1.54) is 0 Å². The first kappa shape index (κ1) is 13.7. The second-order valence-corrected chi connectivity index (χ2v) is 5.26. The van der Waals surface area contributed by atoms with Gasteiger partial charge in [-0.25, -0.2) is 0 Å². The van der Waals surface area contributed by atoms with Crippen LogP contribution in [0.4, 0.5) is 0 Å². The Morgan fingerprint density at radius 3 is 2.44 bits per heavy atom. The van der Waals surface area contributed by atoms with Gasteiger partial charge in [0.2, 0.25) is 0 Å². The zero-order valence-electron chi connectivity index (χ0n) is 10.9. The predicted octanol–water partition coefficient (Wildman–Crippen LogP) is 2.83. The summed E-state index contributed by atoms with van der Waals surface area (Å²) in [7, 11) is 0. The highest BCUT2D eigenvalue weighted by atomic mass is 35.5. The van der Waals surface area contributed by atoms with Crippen LogP contribution in [-0.4, -0.2) is 43.3 Å². The Hall–Kier alpha value is -0.770. The number of hydrogen-bond acceptors (Lipinski definition) is 3. The van der Waals surface area contributed by atoms with Gasteiger partial charge >= 0.3 is 0 Å². The van der Waals surface area contributed by atoms with Crippen molar-refractivity contribution in [3.8, 4) is 5.75 Å². The molecule has 2 rings (SSSR count). The highest BCUT2D eigenvalue weighted by molar-refractivity contribution is 6.30. The van der Waals surface area contributed by atoms with Gasteiger partial charge in [0.25, 0.3) is 0 Å². The largest absolute Gasteiger partial charge is 0.492 e. The summed E-state index contributed by atoms with van der Waals surface area (Å²) in [6, 6.07) is 7.48. The van der Waals surface area contributed by atoms with Gasteiger partial charge in [0.05, 0.1) is 12.2 Å². The van der Waals surface area contributed by atoms with Crippen molar-refractivity contribution in [1.29, 1.82) is 0 Å². The van der Waals surface area contributed by atoms with Crippen LogP contribution >= 0.6 is 11.6 Å². The lowest BCUT2D eigenvalue weighted by Crippen LogP contribution is -2.46. The molecule has 100 valence electrons. The molecule has 1 fully saturated rings. The molecule has 2 unspecified atom stereocenters. The van der Waals surface area contributed by atoms with Gasteiger partial charge in [0.15, 0.2) is 0 Å². The molecule has 1 aromatic carbocycles. The smallest absolute Gasteiger partial charge is 0.119 e. The minimum Gasteiger partial charge on any atom is -0.492 e. The summed E-state index contributed by atoms with van der Waals surface area (Å²) in [5.41, 5.74) is 0. The Morgan fingerprint density at radius 2 is 1.83 bits per heavy atom. The van der Waals surface area contributed by atoms with Crippen LogP contribution in [-0.2, 0) is 4.74 Å². The molecule has 2 atom stereocenters. The minimum absolute atomic E-state index is 0.310. The molecule has 3 nitrogen and oxygen atoms in total. The van der Waals surface area contributed by atoms with E-state index in [0.717, 1.165) is 30.4 Å². The van der Waals surface area contributed by atoms with Crippen LogP contribution < -0.4 is 4.74 Å². The van der Waals surface area contributed by atoms with Gasteiger partial charge in [0.1, 0.15) is 12.4 Å². The SMILES string of the molecule is CC1CN(CCOc2ccc(Cl)cc2)CC(C)O1. The first-order chi connectivity index (χ1) is 8.63. The number of nitrogens with zero attached hydrogens (tertiary/aromatic N) is 1. The molecular weight excluding hydrogens is 250 g/mol. The van der Waals surface area contributed by atoms with E-state index in [4.69, 9.17) is 21.1 Å². The molecule has 1 aliphatic heterocycles. The monoisotopic (exact) mass is 269 g/mol. The van der Waals surface area contributed by atoms with E-state index >= 15 is 0 Å². The molecule has 0 amide bonds. The molecule has 18 heavy (non-hydrogen) atoms. The molecule has 1 aliphatic rings. The fourth-order valence-corrected chi connectivity index (χ4v) is 2.42. The van der Waals surface area contributed by atoms with Crippen LogP contribution in [0.5, 0.6) is 5.75 Å². The first-order valence-electron chi connectivity index (χ1n) is 6.39. The number of morpholine rings is 1. The van der Waals surface area contributed by atoms with E-state index in [1.54, 1.807) is 0 Å². The second-order valence-electron chi connectivity index (χ2n) is 4.82. The minimum atomic E-state index is 0.310. The summed E-state index contributed by atoms with van der Waals surface area (Å²) in [4.78, 5) is 2.38. The van der Waals surface area contributed by atoms with Gasteiger partial charge in [0, 0.05) is 24.7 Å².